The second kappa shape index (κ2) is 5.56. The van der Waals surface area contributed by atoms with Crippen molar-refractivity contribution in [1.82, 2.24) is 10.3 Å². The summed E-state index contributed by atoms with van der Waals surface area (Å²) in [5.41, 5.74) is 3.09. The maximum atomic E-state index is 5.11. The summed E-state index contributed by atoms with van der Waals surface area (Å²) in [6.07, 6.45) is 0. The molecule has 0 atom stereocenters. The van der Waals surface area contributed by atoms with E-state index in [1.54, 1.807) is 18.4 Å². The number of nitrogens with zero attached hydrogens (tertiary/aromatic N) is 1. The average molecular weight is 299 g/mol. The van der Waals surface area contributed by atoms with Crippen LogP contribution in [0.25, 0.3) is 20.8 Å². The summed E-state index contributed by atoms with van der Waals surface area (Å²) in [6, 6.07) is 16.3. The van der Waals surface area contributed by atoms with Crippen LogP contribution in [0.1, 0.15) is 0 Å². The van der Waals surface area contributed by atoms with Crippen LogP contribution in [0, 0.1) is 0 Å². The monoisotopic (exact) mass is 299 g/mol. The van der Waals surface area contributed by atoms with Gasteiger partial charge in [0.25, 0.3) is 0 Å². The topological polar surface area (TPSA) is 37.0 Å². The van der Waals surface area contributed by atoms with Gasteiger partial charge in [-0.2, -0.15) is 0 Å². The maximum absolute atomic E-state index is 5.11. The Morgan fingerprint density at radius 3 is 2.80 bits per heavy atom. The van der Waals surface area contributed by atoms with Crippen LogP contribution in [0.2, 0.25) is 0 Å². The van der Waals surface area contributed by atoms with Crippen LogP contribution in [0.5, 0.6) is 0 Å². The Morgan fingerprint density at radius 2 is 2.00 bits per heavy atom. The number of fused-ring (bicyclic) bond motifs is 1. The Balaban J connectivity index is 1.97. The highest BCUT2D eigenvalue weighted by molar-refractivity contribution is 7.80. The van der Waals surface area contributed by atoms with Crippen LogP contribution in [0.4, 0.5) is 5.69 Å². The Labute approximate surface area is 126 Å². The molecule has 0 aliphatic carbocycles. The summed E-state index contributed by atoms with van der Waals surface area (Å²) in [5.74, 6) is 0. The predicted molar refractivity (Wildman–Crippen MR) is 90.3 cm³/mol. The second-order valence-corrected chi connectivity index (χ2v) is 5.71. The molecule has 100 valence electrons. The van der Waals surface area contributed by atoms with Crippen LogP contribution in [0.15, 0.2) is 48.5 Å². The molecule has 1 heterocycles. The van der Waals surface area contributed by atoms with Crippen molar-refractivity contribution in [2.45, 2.75) is 0 Å². The van der Waals surface area contributed by atoms with Crippen LogP contribution < -0.4 is 10.6 Å². The van der Waals surface area contributed by atoms with Crippen molar-refractivity contribution >= 4 is 44.6 Å². The first-order valence-corrected chi connectivity index (χ1v) is 7.43. The van der Waals surface area contributed by atoms with Gasteiger partial charge in [-0.3, -0.25) is 0 Å². The molecule has 0 bridgehead atoms. The van der Waals surface area contributed by atoms with Crippen molar-refractivity contribution in [3.05, 3.63) is 48.5 Å². The van der Waals surface area contributed by atoms with E-state index >= 15 is 0 Å². The number of hydrogen-bond donors (Lipinski definition) is 2. The van der Waals surface area contributed by atoms with Gasteiger partial charge in [0.15, 0.2) is 5.11 Å². The second-order valence-electron chi connectivity index (χ2n) is 4.27. The summed E-state index contributed by atoms with van der Waals surface area (Å²) < 4.78 is 1.20. The lowest BCUT2D eigenvalue weighted by Gasteiger charge is -2.07. The van der Waals surface area contributed by atoms with Gasteiger partial charge >= 0.3 is 0 Å². The van der Waals surface area contributed by atoms with Crippen molar-refractivity contribution in [1.29, 1.82) is 0 Å². The van der Waals surface area contributed by atoms with Gasteiger partial charge in [-0.05, 0) is 36.5 Å². The average Bonchev–Trinajstić information content (AvgIpc) is 2.91. The van der Waals surface area contributed by atoms with Crippen molar-refractivity contribution in [3.8, 4) is 10.6 Å². The number of nitrogens with one attached hydrogen (secondary N) is 2. The molecule has 2 N–H and O–H groups in total. The number of thiazole rings is 1. The summed E-state index contributed by atoms with van der Waals surface area (Å²) in [5, 5.41) is 7.66. The van der Waals surface area contributed by atoms with Crippen LogP contribution in [-0.2, 0) is 0 Å². The van der Waals surface area contributed by atoms with Crippen LogP contribution in [0.3, 0.4) is 0 Å². The number of aromatic nitrogens is 1. The van der Waals surface area contributed by atoms with E-state index in [-0.39, 0.29) is 0 Å². The Bertz CT molecular complexity index is 731. The highest BCUT2D eigenvalue weighted by Gasteiger charge is 2.06. The molecule has 0 spiro atoms. The van der Waals surface area contributed by atoms with E-state index in [1.807, 2.05) is 30.3 Å². The zero-order valence-corrected chi connectivity index (χ0v) is 12.5. The van der Waals surface area contributed by atoms with Gasteiger partial charge in [0.05, 0.1) is 10.2 Å². The van der Waals surface area contributed by atoms with Crippen molar-refractivity contribution in [2.24, 2.45) is 0 Å². The zero-order chi connectivity index (χ0) is 13.9. The van der Waals surface area contributed by atoms with E-state index < -0.39 is 0 Å². The van der Waals surface area contributed by atoms with E-state index in [9.17, 15) is 0 Å². The fraction of sp³-hybridized carbons (Fsp3) is 0.0667. The predicted octanol–water partition coefficient (Wildman–Crippen LogP) is 3.88. The van der Waals surface area contributed by atoms with Crippen LogP contribution in [-0.4, -0.2) is 17.1 Å². The molecule has 0 fully saturated rings. The molecular weight excluding hydrogens is 286 g/mol. The van der Waals surface area contributed by atoms with E-state index in [2.05, 4.69) is 33.8 Å². The van der Waals surface area contributed by atoms with E-state index in [0.717, 1.165) is 21.8 Å². The smallest absolute Gasteiger partial charge is 0.170 e. The Hall–Kier alpha value is -1.98. The fourth-order valence-corrected chi connectivity index (χ4v) is 3.00. The first kappa shape index (κ1) is 13.0. The number of rotatable bonds is 2. The lowest BCUT2D eigenvalue weighted by atomic mass is 10.2. The van der Waals surface area contributed by atoms with Crippen molar-refractivity contribution in [2.75, 3.05) is 12.4 Å². The molecule has 0 unspecified atom stereocenters. The minimum absolute atomic E-state index is 0.603. The molecular formula is C15H13N3S2. The van der Waals surface area contributed by atoms with Gasteiger partial charge < -0.3 is 10.6 Å². The summed E-state index contributed by atoms with van der Waals surface area (Å²) in [7, 11) is 1.80. The number of thiocarbonyl (C=S) groups is 1. The van der Waals surface area contributed by atoms with E-state index in [4.69, 9.17) is 12.2 Å². The first-order valence-electron chi connectivity index (χ1n) is 6.21. The third kappa shape index (κ3) is 2.64. The molecule has 0 amide bonds. The molecule has 0 aliphatic heterocycles. The lowest BCUT2D eigenvalue weighted by Crippen LogP contribution is -2.24. The van der Waals surface area contributed by atoms with Crippen molar-refractivity contribution in [3.63, 3.8) is 0 Å². The molecule has 0 radical (unpaired) electrons. The molecule has 0 aliphatic rings. The fourth-order valence-electron chi connectivity index (χ4n) is 1.92. The molecule has 3 nitrogen and oxygen atoms in total. The van der Waals surface area contributed by atoms with Gasteiger partial charge in [0, 0.05) is 18.3 Å². The minimum Gasteiger partial charge on any atom is -0.366 e. The Kier molecular flexibility index (Phi) is 3.62. The summed E-state index contributed by atoms with van der Waals surface area (Å²) >= 11 is 6.81. The third-order valence-electron chi connectivity index (χ3n) is 2.89. The molecule has 3 aromatic rings. The number of hydrogen-bond acceptors (Lipinski definition) is 3. The lowest BCUT2D eigenvalue weighted by molar-refractivity contribution is 1.20. The number of benzene rings is 2. The van der Waals surface area contributed by atoms with Gasteiger partial charge in [-0.1, -0.05) is 24.3 Å². The molecule has 20 heavy (non-hydrogen) atoms. The van der Waals surface area contributed by atoms with Gasteiger partial charge in [0.2, 0.25) is 0 Å². The molecule has 0 saturated heterocycles. The summed E-state index contributed by atoms with van der Waals surface area (Å²) in [4.78, 5) is 4.67. The highest BCUT2D eigenvalue weighted by Crippen LogP contribution is 2.31. The van der Waals surface area contributed by atoms with Crippen molar-refractivity contribution < 1.29 is 0 Å². The zero-order valence-electron chi connectivity index (χ0n) is 10.9. The molecule has 0 saturated carbocycles. The maximum Gasteiger partial charge on any atom is 0.170 e. The quantitative estimate of drug-likeness (QED) is 0.704. The Morgan fingerprint density at radius 1 is 1.15 bits per heavy atom. The van der Waals surface area contributed by atoms with Gasteiger partial charge in [-0.15, -0.1) is 11.3 Å². The molecule has 3 rings (SSSR count). The molecule has 2 aromatic carbocycles. The van der Waals surface area contributed by atoms with Gasteiger partial charge in [-0.25, -0.2) is 4.98 Å². The van der Waals surface area contributed by atoms with E-state index in [0.29, 0.717) is 5.11 Å². The van der Waals surface area contributed by atoms with Gasteiger partial charge in [0.1, 0.15) is 5.01 Å². The highest BCUT2D eigenvalue weighted by atomic mass is 32.1. The molecule has 5 heteroatoms. The first-order chi connectivity index (χ1) is 9.76. The molecule has 1 aromatic heterocycles. The normalized spacial score (nSPS) is 10.4. The number of anilines is 1. The van der Waals surface area contributed by atoms with E-state index in [1.165, 1.54) is 4.70 Å². The largest absolute Gasteiger partial charge is 0.366 e. The third-order valence-corrected chi connectivity index (χ3v) is 4.28. The SMILES string of the molecule is CNC(=S)Nc1cccc(-c2nc3ccccc3s2)c1. The summed E-state index contributed by atoms with van der Waals surface area (Å²) in [6.45, 7) is 0. The van der Waals surface area contributed by atoms with Crippen LogP contribution >= 0.6 is 23.6 Å². The minimum atomic E-state index is 0.603. The standard InChI is InChI=1S/C15H13N3S2/c1-16-15(19)17-11-6-4-5-10(9-11)14-18-12-7-2-3-8-13(12)20-14/h2-9H,1H3,(H2,16,17,19). The number of para-hydroxylation sites is 1.